The number of allylic oxidation sites excluding steroid dienone is 1. The summed E-state index contributed by atoms with van der Waals surface area (Å²) in [5, 5.41) is 18.6. The number of anilines is 4. The molecule has 10 rings (SSSR count). The van der Waals surface area contributed by atoms with E-state index in [-0.39, 0.29) is 41.9 Å². The molecule has 396 valence electrons. The molecule has 0 spiro atoms. The molecule has 16 nitrogen and oxygen atoms in total. The number of benzene rings is 4. The second-order valence-electron chi connectivity index (χ2n) is 19.1. The maximum absolute atomic E-state index is 12.9. The summed E-state index contributed by atoms with van der Waals surface area (Å²) in [5.41, 5.74) is 14.2. The molecule has 4 heterocycles. The Morgan fingerprint density at radius 1 is 0.597 bits per heavy atom. The minimum Gasteiger partial charge on any atom is -0.399 e. The SMILES string of the molecule is C=C(C)C(=O)Cl.C=C(C)C(=O)Nc1ccc(C(=O)N[C@H]2CCC[C@@H](Nc3ncc(Cl)c(-c4c[nH]c5ccccc45)n3)C2)cc1.Nc1ccc(C(=O)N[C@H]2CCC[C@@H](Nc3ncc(Cl)c(-c4c[nH]c5ccccc45)n3)C2)cc1. The van der Waals surface area contributed by atoms with Gasteiger partial charge in [0.2, 0.25) is 17.1 Å². The Labute approximate surface area is 461 Å². The fourth-order valence-electron chi connectivity index (χ4n) is 9.17. The maximum Gasteiger partial charge on any atom is 0.251 e. The van der Waals surface area contributed by atoms with Crippen molar-refractivity contribution in [2.24, 2.45) is 0 Å². The van der Waals surface area contributed by atoms with Gasteiger partial charge in [0.05, 0.1) is 33.8 Å². The van der Waals surface area contributed by atoms with Crippen LogP contribution in [0.3, 0.4) is 0 Å². The van der Waals surface area contributed by atoms with Crippen molar-refractivity contribution in [1.29, 1.82) is 0 Å². The summed E-state index contributed by atoms with van der Waals surface area (Å²) in [7, 11) is 0. The van der Waals surface area contributed by atoms with E-state index in [9.17, 15) is 19.2 Å². The van der Waals surface area contributed by atoms with Crippen molar-refractivity contribution in [1.82, 2.24) is 40.5 Å². The Morgan fingerprint density at radius 2 is 1.01 bits per heavy atom. The van der Waals surface area contributed by atoms with Crippen LogP contribution in [0.15, 0.2) is 146 Å². The molecule has 0 saturated heterocycles. The molecule has 2 aliphatic carbocycles. The van der Waals surface area contributed by atoms with Gasteiger partial charge in [-0.2, -0.15) is 0 Å². The number of carbonyl (C=O) groups excluding carboxylic acids is 4. The number of nitrogens with two attached hydrogens (primary N) is 1. The number of amides is 3. The Hall–Kier alpha value is -8.05. The van der Waals surface area contributed by atoms with Crippen LogP contribution in [0.25, 0.3) is 44.3 Å². The molecule has 77 heavy (non-hydrogen) atoms. The summed E-state index contributed by atoms with van der Waals surface area (Å²) in [6.07, 6.45) is 14.4. The number of nitrogens with one attached hydrogen (secondary N) is 7. The molecule has 0 aliphatic heterocycles. The molecule has 2 saturated carbocycles. The monoisotopic (exact) mass is 1090 g/mol. The van der Waals surface area contributed by atoms with E-state index in [2.05, 4.69) is 59.7 Å². The van der Waals surface area contributed by atoms with Crippen LogP contribution < -0.4 is 32.3 Å². The Kier molecular flexibility index (Phi) is 18.4. The molecule has 2 aliphatic rings. The van der Waals surface area contributed by atoms with E-state index in [0.717, 1.165) is 84.3 Å². The third-order valence-electron chi connectivity index (χ3n) is 13.2. The first-order chi connectivity index (χ1) is 37.1. The molecule has 4 atom stereocenters. The van der Waals surface area contributed by atoms with Crippen LogP contribution in [0, 0.1) is 0 Å². The number of carbonyl (C=O) groups is 4. The summed E-state index contributed by atoms with van der Waals surface area (Å²) in [5.74, 6) is 0.582. The van der Waals surface area contributed by atoms with Crippen molar-refractivity contribution in [3.05, 3.63) is 167 Å². The van der Waals surface area contributed by atoms with Gasteiger partial charge in [-0.05, 0) is 137 Å². The van der Waals surface area contributed by atoms with Crippen LogP contribution in [-0.2, 0) is 9.59 Å². The minimum absolute atomic E-state index is 0.0249. The molecule has 3 amide bonds. The average molecular weight is 1090 g/mol. The van der Waals surface area contributed by atoms with Crippen molar-refractivity contribution in [2.45, 2.75) is 89.4 Å². The van der Waals surface area contributed by atoms with E-state index in [4.69, 9.17) is 50.5 Å². The van der Waals surface area contributed by atoms with Crippen LogP contribution in [0.1, 0.15) is 85.9 Å². The number of hydrogen-bond acceptors (Lipinski definition) is 11. The molecule has 4 aromatic heterocycles. The molecular weight excluding hydrogens is 1040 g/mol. The summed E-state index contributed by atoms with van der Waals surface area (Å²) in [6, 6.07) is 30.3. The largest absolute Gasteiger partial charge is 0.399 e. The second kappa shape index (κ2) is 25.7. The number of hydrogen-bond donors (Lipinski definition) is 8. The number of nitrogens with zero attached hydrogens (tertiary/aromatic N) is 4. The molecule has 19 heteroatoms. The highest BCUT2D eigenvalue weighted by molar-refractivity contribution is 6.67. The first-order valence-electron chi connectivity index (χ1n) is 25.2. The molecule has 9 N–H and O–H groups in total. The summed E-state index contributed by atoms with van der Waals surface area (Å²) in [6.45, 7) is 10.1. The minimum atomic E-state index is -0.463. The highest BCUT2D eigenvalue weighted by atomic mass is 35.5. The Morgan fingerprint density at radius 3 is 1.44 bits per heavy atom. The lowest BCUT2D eigenvalue weighted by molar-refractivity contribution is -0.112. The third-order valence-corrected chi connectivity index (χ3v) is 14.0. The van der Waals surface area contributed by atoms with E-state index in [1.54, 1.807) is 74.8 Å². The lowest BCUT2D eigenvalue weighted by atomic mass is 9.91. The van der Waals surface area contributed by atoms with Gasteiger partial charge in [-0.1, -0.05) is 72.8 Å². The van der Waals surface area contributed by atoms with Crippen molar-refractivity contribution < 1.29 is 19.2 Å². The van der Waals surface area contributed by atoms with Gasteiger partial charge in [0, 0.05) is 103 Å². The average Bonchev–Trinajstić information content (AvgIpc) is 4.08. The molecule has 0 radical (unpaired) electrons. The zero-order chi connectivity index (χ0) is 54.6. The number of aromatic nitrogens is 6. The van der Waals surface area contributed by atoms with E-state index in [0.29, 0.717) is 67.0 Å². The fourth-order valence-corrected chi connectivity index (χ4v) is 9.56. The maximum atomic E-state index is 12.9. The van der Waals surface area contributed by atoms with E-state index >= 15 is 0 Å². The predicted octanol–water partition coefficient (Wildman–Crippen LogP) is 12.3. The van der Waals surface area contributed by atoms with Crippen LogP contribution in [0.2, 0.25) is 10.0 Å². The van der Waals surface area contributed by atoms with E-state index in [1.807, 2.05) is 60.9 Å². The number of nitrogen functional groups attached to an aromatic ring is 1. The normalized spacial score (nSPS) is 16.8. The highest BCUT2D eigenvalue weighted by Crippen LogP contribution is 2.35. The van der Waals surface area contributed by atoms with Gasteiger partial charge < -0.3 is 42.3 Å². The van der Waals surface area contributed by atoms with Crippen molar-refractivity contribution in [3.63, 3.8) is 0 Å². The second-order valence-corrected chi connectivity index (χ2v) is 20.3. The van der Waals surface area contributed by atoms with Crippen molar-refractivity contribution in [2.75, 3.05) is 21.7 Å². The first kappa shape index (κ1) is 55.2. The fraction of sp³-hybridized carbons (Fsp3) is 0.241. The highest BCUT2D eigenvalue weighted by Gasteiger charge is 2.27. The number of aromatic amines is 2. The van der Waals surface area contributed by atoms with Crippen LogP contribution in [0.4, 0.5) is 23.3 Å². The number of H-pyrrole nitrogens is 2. The quantitative estimate of drug-likeness (QED) is 0.0307. The van der Waals surface area contributed by atoms with Gasteiger partial charge in [-0.15, -0.1) is 0 Å². The standard InChI is InChI=1S/C29H29ClN6O2.C25H25ClN6O.C4H5ClO/c1-17(2)27(37)33-19-12-10-18(11-13-19)28(38)34-20-6-5-7-21(14-20)35-29-32-16-24(30)26(36-29)23-15-31-25-9-4-3-8-22(23)25;26-21-14-29-25(32-23(21)20-13-28-22-7-2-1-6-19(20)22)31-18-5-3-4-17(12-18)30-24(33)15-8-10-16(27)11-9-15;1-3(2)4(5)6/h3-4,8-13,15-16,20-21,31H,1,5-7,14H2,2H3,(H,33,37)(H,34,38)(H,32,35,36);1-2,6-11,13-14,17-18,28H,3-5,12,27H2,(H,30,33)(H,29,31,32);1H2,2H3/t20-,21+;17-,18+;/m00./s1. The zero-order valence-electron chi connectivity index (χ0n) is 42.6. The van der Waals surface area contributed by atoms with Gasteiger partial charge in [-0.25, -0.2) is 19.9 Å². The van der Waals surface area contributed by atoms with Gasteiger partial charge in [0.15, 0.2) is 0 Å². The molecule has 8 aromatic rings. The molecule has 2 fully saturated rings. The number of para-hydroxylation sites is 2. The van der Waals surface area contributed by atoms with Gasteiger partial charge in [0.1, 0.15) is 0 Å². The third kappa shape index (κ3) is 14.7. The van der Waals surface area contributed by atoms with E-state index in [1.165, 1.54) is 0 Å². The number of fused-ring (bicyclic) bond motifs is 2. The van der Waals surface area contributed by atoms with Gasteiger partial charge >= 0.3 is 0 Å². The van der Waals surface area contributed by atoms with Gasteiger partial charge in [0.25, 0.3) is 17.7 Å². The van der Waals surface area contributed by atoms with Crippen molar-refractivity contribution in [3.8, 4) is 22.5 Å². The number of halogens is 3. The lowest BCUT2D eigenvalue weighted by Crippen LogP contribution is -2.42. The summed E-state index contributed by atoms with van der Waals surface area (Å²) >= 11 is 17.8. The Balaban J connectivity index is 0.000000186. The molecular formula is C58H59Cl3N12O4. The molecule has 4 aromatic carbocycles. The first-order valence-corrected chi connectivity index (χ1v) is 26.3. The lowest BCUT2D eigenvalue weighted by Gasteiger charge is -2.30. The Bertz CT molecular complexity index is 3420. The summed E-state index contributed by atoms with van der Waals surface area (Å²) < 4.78 is 0. The van der Waals surface area contributed by atoms with Crippen LogP contribution in [0.5, 0.6) is 0 Å². The summed E-state index contributed by atoms with van der Waals surface area (Å²) in [4.78, 5) is 71.9. The van der Waals surface area contributed by atoms with Crippen molar-refractivity contribution >= 4 is 103 Å². The topological polar surface area (TPSA) is 238 Å². The van der Waals surface area contributed by atoms with E-state index < -0.39 is 5.24 Å². The molecule has 0 unspecified atom stereocenters. The number of rotatable bonds is 13. The molecule has 0 bridgehead atoms. The zero-order valence-corrected chi connectivity index (χ0v) is 44.8. The van der Waals surface area contributed by atoms with Gasteiger partial charge in [-0.3, -0.25) is 19.2 Å². The van der Waals surface area contributed by atoms with Crippen LogP contribution in [-0.4, -0.2) is 77.0 Å². The predicted molar refractivity (Wildman–Crippen MR) is 309 cm³/mol. The smallest absolute Gasteiger partial charge is 0.251 e. The van der Waals surface area contributed by atoms with Crippen LogP contribution >= 0.6 is 34.8 Å².